The number of carbonyl (C=O) groups is 4. The Balaban J connectivity index is 1.60. The van der Waals surface area contributed by atoms with E-state index in [-0.39, 0.29) is 36.2 Å². The molecule has 0 aromatic heterocycles. The van der Waals surface area contributed by atoms with Gasteiger partial charge >= 0.3 is 5.92 Å². The molecule has 0 bridgehead atoms. The van der Waals surface area contributed by atoms with Gasteiger partial charge in [-0.3, -0.25) is 24.5 Å². The van der Waals surface area contributed by atoms with Crippen molar-refractivity contribution >= 4 is 66.7 Å². The van der Waals surface area contributed by atoms with Crippen molar-refractivity contribution in [3.8, 4) is 0 Å². The summed E-state index contributed by atoms with van der Waals surface area (Å²) in [5.41, 5.74) is -0.102. The molecular formula is C22H22B4ClF2N3O4. The molecule has 2 aliphatic heterocycles. The van der Waals surface area contributed by atoms with Gasteiger partial charge in [0.25, 0.3) is 11.8 Å². The van der Waals surface area contributed by atoms with Crippen LogP contribution in [0.15, 0.2) is 42.5 Å². The number of halogens is 3. The second kappa shape index (κ2) is 8.80. The molecule has 4 amide bonds. The lowest BCUT2D eigenvalue weighted by molar-refractivity contribution is -0.155. The zero-order valence-corrected chi connectivity index (χ0v) is 21.1. The van der Waals surface area contributed by atoms with Crippen LogP contribution in [0, 0.1) is 0 Å². The minimum atomic E-state index is -3.78. The van der Waals surface area contributed by atoms with Gasteiger partial charge in [0, 0.05) is 29.1 Å². The third-order valence-electron chi connectivity index (χ3n) is 7.41. The SMILES string of the molecule is BN(C(=O)C(F)(F)c1ccc(Cl)cc1)C(B)(B)c1ccc2c(c1)CN(C1(B)CCC(=O)NC1=O)C2=O. The normalized spacial score (nSPS) is 20.2. The van der Waals surface area contributed by atoms with E-state index in [1.165, 1.54) is 25.0 Å². The fourth-order valence-corrected chi connectivity index (χ4v) is 4.72. The van der Waals surface area contributed by atoms with Crippen LogP contribution in [-0.2, 0) is 32.2 Å². The quantitative estimate of drug-likeness (QED) is 0.398. The summed E-state index contributed by atoms with van der Waals surface area (Å²) in [7, 11) is 6.21. The molecule has 2 aromatic rings. The van der Waals surface area contributed by atoms with Crippen LogP contribution in [0.1, 0.15) is 39.9 Å². The van der Waals surface area contributed by atoms with E-state index >= 15 is 8.78 Å². The number of piperidine rings is 1. The number of nitrogens with zero attached hydrogens (tertiary/aromatic N) is 2. The van der Waals surface area contributed by atoms with Crippen LogP contribution >= 0.6 is 11.6 Å². The highest BCUT2D eigenvalue weighted by molar-refractivity contribution is 6.43. The van der Waals surface area contributed by atoms with E-state index in [1.54, 1.807) is 41.7 Å². The number of hydrogen-bond donors (Lipinski definition) is 1. The van der Waals surface area contributed by atoms with Crippen molar-refractivity contribution in [3.05, 3.63) is 69.7 Å². The van der Waals surface area contributed by atoms with Gasteiger partial charge in [0.1, 0.15) is 23.5 Å². The molecule has 0 radical (unpaired) electrons. The Bertz CT molecular complexity index is 1290. The van der Waals surface area contributed by atoms with Crippen LogP contribution < -0.4 is 5.32 Å². The molecule has 1 N–H and O–H groups in total. The molecule has 0 spiro atoms. The van der Waals surface area contributed by atoms with Gasteiger partial charge in [0.15, 0.2) is 0 Å². The predicted octanol–water partition coefficient (Wildman–Crippen LogP) is -1.39. The minimum absolute atomic E-state index is 0.120. The van der Waals surface area contributed by atoms with E-state index in [0.29, 0.717) is 16.7 Å². The largest absolute Gasteiger partial charge is 0.393 e. The van der Waals surface area contributed by atoms with Crippen LogP contribution in [0.3, 0.4) is 0 Å². The zero-order chi connectivity index (χ0) is 26.6. The average Bonchev–Trinajstić information content (AvgIpc) is 3.17. The topological polar surface area (TPSA) is 86.8 Å². The predicted molar refractivity (Wildman–Crippen MR) is 139 cm³/mol. The molecule has 0 aliphatic carbocycles. The third kappa shape index (κ3) is 4.13. The number of benzene rings is 2. The van der Waals surface area contributed by atoms with Gasteiger partial charge in [-0.05, 0) is 41.1 Å². The number of nitrogens with one attached hydrogen (secondary N) is 1. The van der Waals surface area contributed by atoms with Gasteiger partial charge in [-0.15, -0.1) is 0 Å². The highest BCUT2D eigenvalue weighted by Gasteiger charge is 2.49. The fourth-order valence-electron chi connectivity index (χ4n) is 4.59. The molecule has 7 nitrogen and oxygen atoms in total. The van der Waals surface area contributed by atoms with Crippen molar-refractivity contribution in [3.63, 3.8) is 0 Å². The van der Waals surface area contributed by atoms with E-state index in [4.69, 9.17) is 11.6 Å². The summed E-state index contributed by atoms with van der Waals surface area (Å²) in [6, 6.07) is 9.74. The number of rotatable bonds is 5. The average molecular weight is 509 g/mol. The maximum absolute atomic E-state index is 15.1. The molecule has 1 fully saturated rings. The van der Waals surface area contributed by atoms with Gasteiger partial charge in [0.2, 0.25) is 19.8 Å². The van der Waals surface area contributed by atoms with Crippen LogP contribution in [0.5, 0.6) is 0 Å². The Morgan fingerprint density at radius 2 is 1.69 bits per heavy atom. The maximum atomic E-state index is 15.1. The zero-order valence-electron chi connectivity index (χ0n) is 20.3. The van der Waals surface area contributed by atoms with Crippen LogP contribution in [0.2, 0.25) is 5.02 Å². The number of alkyl halides is 2. The molecule has 14 heteroatoms. The Morgan fingerprint density at radius 3 is 2.31 bits per heavy atom. The monoisotopic (exact) mass is 509 g/mol. The first kappa shape index (κ1) is 26.0. The van der Waals surface area contributed by atoms with E-state index < -0.39 is 34.1 Å². The van der Waals surface area contributed by atoms with Gasteiger partial charge in [-0.2, -0.15) is 8.78 Å². The van der Waals surface area contributed by atoms with Gasteiger partial charge < -0.3 is 9.71 Å². The Morgan fingerprint density at radius 1 is 1.08 bits per heavy atom. The standard InChI is InChI=1S/C22H22B4ClF2N3O4/c23-20(8-7-16(33)30-18(20)35)31-10-11-9-13(3-6-15(11)17(31)34)22(24,25)32(26)19(36)21(28,29)12-1-4-14(27)5-2-12/h1-6,9H,7-8,10,23-26H2,(H,30,33,35). The van der Waals surface area contributed by atoms with Crippen LogP contribution in [-0.4, -0.2) is 70.3 Å². The van der Waals surface area contributed by atoms with Crippen molar-refractivity contribution in [1.29, 1.82) is 0 Å². The molecular weight excluding hydrogens is 487 g/mol. The molecule has 0 saturated carbocycles. The summed E-state index contributed by atoms with van der Waals surface area (Å²) in [5, 5.41) is 1.42. The third-order valence-corrected chi connectivity index (χ3v) is 7.66. The number of carbonyl (C=O) groups excluding carboxylic acids is 4. The first-order chi connectivity index (χ1) is 16.7. The van der Waals surface area contributed by atoms with Crippen molar-refractivity contribution in [2.45, 2.75) is 36.1 Å². The van der Waals surface area contributed by atoms with E-state index in [1.807, 2.05) is 0 Å². The van der Waals surface area contributed by atoms with Crippen molar-refractivity contribution < 1.29 is 28.0 Å². The summed E-state index contributed by atoms with van der Waals surface area (Å²) < 4.78 is 30.1. The Hall–Kier alpha value is -3.07. The summed E-state index contributed by atoms with van der Waals surface area (Å²) >= 11 is 5.79. The smallest absolute Gasteiger partial charge is 0.348 e. The lowest BCUT2D eigenvalue weighted by atomic mass is 9.55. The summed E-state index contributed by atoms with van der Waals surface area (Å²) in [5.74, 6) is -6.42. The maximum Gasteiger partial charge on any atom is 0.348 e. The van der Waals surface area contributed by atoms with Crippen LogP contribution in [0.4, 0.5) is 8.78 Å². The van der Waals surface area contributed by atoms with Crippen LogP contribution in [0.25, 0.3) is 0 Å². The van der Waals surface area contributed by atoms with Gasteiger partial charge in [-0.1, -0.05) is 35.9 Å². The molecule has 2 aromatic carbocycles. The molecule has 2 aliphatic rings. The van der Waals surface area contributed by atoms with E-state index in [2.05, 4.69) is 5.32 Å². The summed E-state index contributed by atoms with van der Waals surface area (Å²) in [6.07, 6.45) is 0.322. The molecule has 4 rings (SSSR count). The summed E-state index contributed by atoms with van der Waals surface area (Å²) in [6.45, 7) is 0.120. The molecule has 36 heavy (non-hydrogen) atoms. The lowest BCUT2D eigenvalue weighted by Crippen LogP contribution is -2.63. The Labute approximate surface area is 215 Å². The second-order valence-electron chi connectivity index (χ2n) is 9.92. The number of imide groups is 1. The first-order valence-electron chi connectivity index (χ1n) is 11.4. The van der Waals surface area contributed by atoms with Crippen molar-refractivity contribution in [2.75, 3.05) is 0 Å². The molecule has 1 atom stereocenters. The summed E-state index contributed by atoms with van der Waals surface area (Å²) in [4.78, 5) is 52.7. The number of fused-ring (bicyclic) bond motifs is 1. The van der Waals surface area contributed by atoms with Gasteiger partial charge in [0.05, 0.1) is 5.44 Å². The van der Waals surface area contributed by atoms with E-state index in [0.717, 1.165) is 16.9 Å². The van der Waals surface area contributed by atoms with Crippen molar-refractivity contribution in [2.24, 2.45) is 0 Å². The second-order valence-corrected chi connectivity index (χ2v) is 10.4. The first-order valence-corrected chi connectivity index (χ1v) is 11.8. The highest BCUT2D eigenvalue weighted by Crippen LogP contribution is 2.37. The molecule has 1 unspecified atom stereocenters. The van der Waals surface area contributed by atoms with E-state index in [9.17, 15) is 19.2 Å². The van der Waals surface area contributed by atoms with Gasteiger partial charge in [-0.25, -0.2) is 0 Å². The minimum Gasteiger partial charge on any atom is -0.393 e. The lowest BCUT2D eigenvalue weighted by Gasteiger charge is -2.40. The Kier molecular flexibility index (Phi) is 6.35. The number of hydrogen-bond acceptors (Lipinski definition) is 4. The molecule has 2 heterocycles. The highest BCUT2D eigenvalue weighted by atomic mass is 35.5. The molecule has 1 saturated heterocycles. The molecule has 182 valence electrons. The number of amides is 4. The van der Waals surface area contributed by atoms with Crippen molar-refractivity contribution in [1.82, 2.24) is 15.0 Å². The fraction of sp³-hybridized carbons (Fsp3) is 0.273.